The number of anilines is 2. The molecule has 7 heteroatoms. The zero-order valence-electron chi connectivity index (χ0n) is 14.3. The summed E-state index contributed by atoms with van der Waals surface area (Å²) in [7, 11) is 3.07. The highest BCUT2D eigenvalue weighted by Crippen LogP contribution is 2.25. The molecule has 132 valence electrons. The van der Waals surface area contributed by atoms with Crippen LogP contribution in [-0.2, 0) is 9.59 Å². The largest absolute Gasteiger partial charge is 0.497 e. The summed E-state index contributed by atoms with van der Waals surface area (Å²) in [5, 5.41) is 5.37. The zero-order chi connectivity index (χ0) is 18.2. The molecule has 0 aliphatic rings. The van der Waals surface area contributed by atoms with E-state index in [2.05, 4.69) is 10.6 Å². The van der Waals surface area contributed by atoms with Crippen molar-refractivity contribution in [3.05, 3.63) is 42.5 Å². The third-order valence-corrected chi connectivity index (χ3v) is 3.18. The zero-order valence-corrected chi connectivity index (χ0v) is 14.3. The molecular weight excluding hydrogens is 324 g/mol. The topological polar surface area (TPSA) is 85.9 Å². The number of nitrogens with one attached hydrogen (secondary N) is 2. The summed E-state index contributed by atoms with van der Waals surface area (Å²) in [6, 6.07) is 11.8. The molecule has 0 fully saturated rings. The molecule has 0 aromatic heterocycles. The Morgan fingerprint density at radius 3 is 1.96 bits per heavy atom. The molecule has 0 saturated heterocycles. The number of methoxy groups -OCH3 is 2. The lowest BCUT2D eigenvalue weighted by Gasteiger charge is -2.11. The second-order valence-electron chi connectivity index (χ2n) is 5.14. The summed E-state index contributed by atoms with van der Waals surface area (Å²) in [5.41, 5.74) is 1.21. The number of hydrogen-bond donors (Lipinski definition) is 2. The molecule has 2 aromatic rings. The summed E-state index contributed by atoms with van der Waals surface area (Å²) in [6.07, 6.45) is 0. The molecule has 2 rings (SSSR count). The third-order valence-electron chi connectivity index (χ3n) is 3.18. The predicted molar refractivity (Wildman–Crippen MR) is 94.4 cm³/mol. The lowest BCUT2D eigenvalue weighted by Crippen LogP contribution is -2.20. The summed E-state index contributed by atoms with van der Waals surface area (Å²) in [6.45, 7) is 1.28. The van der Waals surface area contributed by atoms with Crippen LogP contribution < -0.4 is 24.8 Å². The summed E-state index contributed by atoms with van der Waals surface area (Å²) in [5.74, 6) is 1.20. The van der Waals surface area contributed by atoms with Crippen LogP contribution in [0.15, 0.2) is 42.5 Å². The highest BCUT2D eigenvalue weighted by atomic mass is 16.5. The van der Waals surface area contributed by atoms with Crippen LogP contribution in [-0.4, -0.2) is 32.6 Å². The van der Waals surface area contributed by atoms with Crippen LogP contribution in [0.5, 0.6) is 17.2 Å². The first-order chi connectivity index (χ1) is 12.0. The fraction of sp³-hybridized carbons (Fsp3) is 0.222. The Bertz CT molecular complexity index is 721. The van der Waals surface area contributed by atoms with Gasteiger partial charge in [-0.2, -0.15) is 0 Å². The first-order valence-corrected chi connectivity index (χ1v) is 7.53. The fourth-order valence-corrected chi connectivity index (χ4v) is 2.06. The Kier molecular flexibility index (Phi) is 6.22. The van der Waals surface area contributed by atoms with Crippen LogP contribution in [0.4, 0.5) is 11.4 Å². The van der Waals surface area contributed by atoms with Gasteiger partial charge in [-0.1, -0.05) is 0 Å². The Balaban J connectivity index is 1.91. The number of rotatable bonds is 7. The van der Waals surface area contributed by atoms with Crippen molar-refractivity contribution < 1.29 is 23.8 Å². The molecule has 0 heterocycles. The molecule has 0 atom stereocenters. The minimum Gasteiger partial charge on any atom is -0.497 e. The van der Waals surface area contributed by atoms with Crippen molar-refractivity contribution in [3.8, 4) is 17.2 Å². The van der Waals surface area contributed by atoms with Gasteiger partial charge in [0.15, 0.2) is 6.61 Å². The minimum atomic E-state index is -0.318. The maximum Gasteiger partial charge on any atom is 0.262 e. The second-order valence-corrected chi connectivity index (χ2v) is 5.14. The molecule has 25 heavy (non-hydrogen) atoms. The standard InChI is InChI=1S/C18H20N2O5/c1-12(21)19-13-4-6-15(7-5-13)25-11-18(22)20-14-8-16(23-2)10-17(9-14)24-3/h4-10H,11H2,1-3H3,(H,19,21)(H,20,22). The number of amides is 2. The van der Waals surface area contributed by atoms with Gasteiger partial charge < -0.3 is 24.8 Å². The number of hydrogen-bond acceptors (Lipinski definition) is 5. The van der Waals surface area contributed by atoms with E-state index in [0.717, 1.165) is 0 Å². The van der Waals surface area contributed by atoms with Crippen molar-refractivity contribution in [2.45, 2.75) is 6.92 Å². The Morgan fingerprint density at radius 1 is 0.840 bits per heavy atom. The monoisotopic (exact) mass is 344 g/mol. The molecule has 0 aliphatic heterocycles. The first-order valence-electron chi connectivity index (χ1n) is 7.53. The molecule has 2 N–H and O–H groups in total. The van der Waals surface area contributed by atoms with E-state index >= 15 is 0 Å². The van der Waals surface area contributed by atoms with E-state index in [1.165, 1.54) is 21.1 Å². The van der Waals surface area contributed by atoms with Crippen LogP contribution in [0, 0.1) is 0 Å². The first kappa shape index (κ1) is 18.1. The maximum absolute atomic E-state index is 12.0. The summed E-state index contributed by atoms with van der Waals surface area (Å²) in [4.78, 5) is 23.0. The van der Waals surface area contributed by atoms with Gasteiger partial charge in [0.25, 0.3) is 5.91 Å². The van der Waals surface area contributed by atoms with E-state index in [-0.39, 0.29) is 18.4 Å². The molecule has 0 spiro atoms. The highest BCUT2D eigenvalue weighted by Gasteiger charge is 2.07. The molecule has 0 saturated carbocycles. The SMILES string of the molecule is COc1cc(NC(=O)COc2ccc(NC(C)=O)cc2)cc(OC)c1. The lowest BCUT2D eigenvalue weighted by atomic mass is 10.2. The van der Waals surface area contributed by atoms with Crippen LogP contribution in [0.3, 0.4) is 0 Å². The third kappa shape index (κ3) is 5.72. The smallest absolute Gasteiger partial charge is 0.262 e. The van der Waals surface area contributed by atoms with Crippen molar-refractivity contribution in [1.82, 2.24) is 0 Å². The van der Waals surface area contributed by atoms with E-state index < -0.39 is 0 Å². The average Bonchev–Trinajstić information content (AvgIpc) is 2.60. The van der Waals surface area contributed by atoms with Gasteiger partial charge in [0.2, 0.25) is 5.91 Å². The number of ether oxygens (including phenoxy) is 3. The minimum absolute atomic E-state index is 0.151. The van der Waals surface area contributed by atoms with Crippen LogP contribution >= 0.6 is 0 Å². The quantitative estimate of drug-likeness (QED) is 0.806. The maximum atomic E-state index is 12.0. The van der Waals surface area contributed by atoms with Gasteiger partial charge in [0.05, 0.1) is 14.2 Å². The van der Waals surface area contributed by atoms with Crippen molar-refractivity contribution in [1.29, 1.82) is 0 Å². The summed E-state index contributed by atoms with van der Waals surface area (Å²) >= 11 is 0. The molecule has 2 amide bonds. The molecule has 0 radical (unpaired) electrons. The van der Waals surface area contributed by atoms with Gasteiger partial charge in [0, 0.05) is 36.5 Å². The molecular formula is C18H20N2O5. The van der Waals surface area contributed by atoms with Crippen LogP contribution in [0.2, 0.25) is 0 Å². The van der Waals surface area contributed by atoms with Crippen LogP contribution in [0.1, 0.15) is 6.92 Å². The van der Waals surface area contributed by atoms with Gasteiger partial charge >= 0.3 is 0 Å². The Morgan fingerprint density at radius 2 is 1.44 bits per heavy atom. The molecule has 2 aromatic carbocycles. The van der Waals surface area contributed by atoms with E-state index in [4.69, 9.17) is 14.2 Å². The van der Waals surface area contributed by atoms with E-state index in [1.54, 1.807) is 42.5 Å². The molecule has 7 nitrogen and oxygen atoms in total. The van der Waals surface area contributed by atoms with Gasteiger partial charge in [-0.15, -0.1) is 0 Å². The van der Waals surface area contributed by atoms with Gasteiger partial charge in [-0.05, 0) is 24.3 Å². The number of carbonyl (C=O) groups is 2. The second kappa shape index (κ2) is 8.58. The van der Waals surface area contributed by atoms with Crippen molar-refractivity contribution >= 4 is 23.2 Å². The predicted octanol–water partition coefficient (Wildman–Crippen LogP) is 2.68. The van der Waals surface area contributed by atoms with E-state index in [0.29, 0.717) is 28.6 Å². The van der Waals surface area contributed by atoms with Crippen molar-refractivity contribution in [2.75, 3.05) is 31.5 Å². The van der Waals surface area contributed by atoms with Gasteiger partial charge in [0.1, 0.15) is 17.2 Å². The van der Waals surface area contributed by atoms with Gasteiger partial charge in [-0.25, -0.2) is 0 Å². The number of carbonyl (C=O) groups excluding carboxylic acids is 2. The van der Waals surface area contributed by atoms with E-state index in [9.17, 15) is 9.59 Å². The summed E-state index contributed by atoms with van der Waals surface area (Å²) < 4.78 is 15.7. The Labute approximate surface area is 145 Å². The van der Waals surface area contributed by atoms with Crippen LogP contribution in [0.25, 0.3) is 0 Å². The van der Waals surface area contributed by atoms with Gasteiger partial charge in [-0.3, -0.25) is 9.59 Å². The van der Waals surface area contributed by atoms with E-state index in [1.807, 2.05) is 0 Å². The Hall–Kier alpha value is -3.22. The normalized spacial score (nSPS) is 9.88. The molecule has 0 aliphatic carbocycles. The van der Waals surface area contributed by atoms with Crippen molar-refractivity contribution in [2.24, 2.45) is 0 Å². The molecule has 0 bridgehead atoms. The number of benzene rings is 2. The molecule has 0 unspecified atom stereocenters. The fourth-order valence-electron chi connectivity index (χ4n) is 2.06. The van der Waals surface area contributed by atoms with Crippen molar-refractivity contribution in [3.63, 3.8) is 0 Å². The average molecular weight is 344 g/mol. The highest BCUT2D eigenvalue weighted by molar-refractivity contribution is 5.92. The lowest BCUT2D eigenvalue weighted by molar-refractivity contribution is -0.118.